The summed E-state index contributed by atoms with van der Waals surface area (Å²) >= 11 is 0. The second-order valence-electron chi connectivity index (χ2n) is 3.98. The third-order valence-corrected chi connectivity index (χ3v) is 3.04. The molecule has 2 N–H and O–H groups in total. The monoisotopic (exact) mass is 229 g/mol. The van der Waals surface area contributed by atoms with Crippen LogP contribution in [0.2, 0.25) is 0 Å². The molecule has 0 radical (unpaired) electrons. The van der Waals surface area contributed by atoms with Gasteiger partial charge in [-0.2, -0.15) is 0 Å². The number of rotatable bonds is 2. The Kier molecular flexibility index (Phi) is 2.11. The summed E-state index contributed by atoms with van der Waals surface area (Å²) in [7, 11) is 0. The molecule has 0 bridgehead atoms. The minimum Gasteiger partial charge on any atom is -0.465 e. The van der Waals surface area contributed by atoms with E-state index in [9.17, 15) is 4.79 Å². The summed E-state index contributed by atoms with van der Waals surface area (Å²) in [5.41, 5.74) is 3.30. The lowest BCUT2D eigenvalue weighted by Gasteiger charge is -2.14. The maximum atomic E-state index is 10.6. The van der Waals surface area contributed by atoms with Gasteiger partial charge in [0.15, 0.2) is 0 Å². The molecular formula is C12H11N3O2. The quantitative estimate of drug-likeness (QED) is 0.823. The summed E-state index contributed by atoms with van der Waals surface area (Å²) in [5, 5.41) is 11.1. The number of benzene rings is 1. The third kappa shape index (κ3) is 1.47. The van der Waals surface area contributed by atoms with Crippen LogP contribution in [0.25, 0.3) is 11.3 Å². The van der Waals surface area contributed by atoms with Gasteiger partial charge in [-0.1, -0.05) is 24.3 Å². The average molecular weight is 229 g/mol. The highest BCUT2D eigenvalue weighted by atomic mass is 16.4. The number of aromatic nitrogens is 2. The number of hydrogen-bond acceptors (Lipinski definition) is 2. The zero-order valence-electron chi connectivity index (χ0n) is 9.00. The molecule has 2 heterocycles. The molecule has 0 saturated heterocycles. The lowest BCUT2D eigenvalue weighted by Crippen LogP contribution is -2.28. The van der Waals surface area contributed by atoms with E-state index in [2.05, 4.69) is 10.3 Å². The highest BCUT2D eigenvalue weighted by Gasteiger charge is 2.27. The van der Waals surface area contributed by atoms with Crippen molar-refractivity contribution in [2.45, 2.75) is 6.04 Å². The third-order valence-electron chi connectivity index (χ3n) is 3.04. The molecular weight excluding hydrogens is 218 g/mol. The summed E-state index contributed by atoms with van der Waals surface area (Å²) in [6.45, 7) is 0.357. The number of nitrogens with zero attached hydrogens (tertiary/aromatic N) is 2. The van der Waals surface area contributed by atoms with E-state index in [4.69, 9.17) is 5.11 Å². The van der Waals surface area contributed by atoms with E-state index in [0.29, 0.717) is 6.54 Å². The van der Waals surface area contributed by atoms with E-state index in [1.807, 2.05) is 28.8 Å². The highest BCUT2D eigenvalue weighted by Crippen LogP contribution is 2.38. The van der Waals surface area contributed by atoms with Crippen LogP contribution in [0.5, 0.6) is 0 Å². The van der Waals surface area contributed by atoms with E-state index >= 15 is 0 Å². The van der Waals surface area contributed by atoms with E-state index in [1.54, 1.807) is 12.5 Å². The Morgan fingerprint density at radius 2 is 2.29 bits per heavy atom. The second-order valence-corrected chi connectivity index (χ2v) is 3.98. The fourth-order valence-corrected chi connectivity index (χ4v) is 2.32. The van der Waals surface area contributed by atoms with Crippen LogP contribution in [0, 0.1) is 0 Å². The van der Waals surface area contributed by atoms with Crippen LogP contribution in [0.1, 0.15) is 11.6 Å². The van der Waals surface area contributed by atoms with Gasteiger partial charge < -0.3 is 15.0 Å². The molecule has 5 heteroatoms. The molecule has 17 heavy (non-hydrogen) atoms. The van der Waals surface area contributed by atoms with Crippen LogP contribution in [0.4, 0.5) is 4.79 Å². The maximum absolute atomic E-state index is 10.6. The van der Waals surface area contributed by atoms with Crippen LogP contribution in [0.3, 0.4) is 0 Å². The largest absolute Gasteiger partial charge is 0.465 e. The number of carbonyl (C=O) groups is 1. The fraction of sp³-hybridized carbons (Fsp3) is 0.167. The molecule has 2 aromatic rings. The first-order chi connectivity index (χ1) is 8.27. The molecule has 3 rings (SSSR count). The zero-order chi connectivity index (χ0) is 11.8. The van der Waals surface area contributed by atoms with Gasteiger partial charge >= 0.3 is 6.09 Å². The van der Waals surface area contributed by atoms with Gasteiger partial charge in [-0.15, -0.1) is 0 Å². The standard InChI is InChI=1S/C12H11N3O2/c16-12(17)14-6-11-9-4-2-1-3-8(9)10-5-13-7-15(10)11/h1-5,7,11,14H,6H2,(H,16,17). The molecule has 1 aromatic carbocycles. The highest BCUT2D eigenvalue weighted by molar-refractivity contribution is 5.70. The molecule has 1 amide bonds. The molecule has 0 saturated carbocycles. The first-order valence-electron chi connectivity index (χ1n) is 5.35. The van der Waals surface area contributed by atoms with Gasteiger partial charge in [-0.25, -0.2) is 9.78 Å². The lowest BCUT2D eigenvalue weighted by atomic mass is 10.0. The van der Waals surface area contributed by atoms with Gasteiger partial charge in [0.25, 0.3) is 0 Å². The maximum Gasteiger partial charge on any atom is 0.404 e. The number of nitrogens with one attached hydrogen (secondary N) is 1. The van der Waals surface area contributed by atoms with Crippen molar-refractivity contribution in [3.05, 3.63) is 42.4 Å². The number of fused-ring (bicyclic) bond motifs is 3. The summed E-state index contributed by atoms with van der Waals surface area (Å²) in [5.74, 6) is 0. The van der Waals surface area contributed by atoms with Crippen molar-refractivity contribution in [3.63, 3.8) is 0 Å². The Labute approximate surface area is 97.7 Å². The van der Waals surface area contributed by atoms with Crippen LogP contribution in [0.15, 0.2) is 36.8 Å². The van der Waals surface area contributed by atoms with Gasteiger partial charge in [0.2, 0.25) is 0 Å². The van der Waals surface area contributed by atoms with E-state index in [1.165, 1.54) is 0 Å². The van der Waals surface area contributed by atoms with Crippen LogP contribution < -0.4 is 5.32 Å². The Hall–Kier alpha value is -2.30. The van der Waals surface area contributed by atoms with Crippen molar-refractivity contribution in [1.82, 2.24) is 14.9 Å². The smallest absolute Gasteiger partial charge is 0.404 e. The number of carboxylic acid groups (broad SMARTS) is 1. The van der Waals surface area contributed by atoms with Crippen molar-refractivity contribution in [2.24, 2.45) is 0 Å². The number of imidazole rings is 1. The molecule has 0 fully saturated rings. The Morgan fingerprint density at radius 3 is 3.12 bits per heavy atom. The zero-order valence-corrected chi connectivity index (χ0v) is 9.00. The molecule has 1 atom stereocenters. The SMILES string of the molecule is O=C(O)NCC1c2ccccc2-c2cncn21. The first kappa shape index (κ1) is 9.89. The fourth-order valence-electron chi connectivity index (χ4n) is 2.32. The van der Waals surface area contributed by atoms with Crippen molar-refractivity contribution in [1.29, 1.82) is 0 Å². The molecule has 1 aliphatic rings. The minimum absolute atomic E-state index is 0.000185. The minimum atomic E-state index is -1.00. The van der Waals surface area contributed by atoms with Crippen molar-refractivity contribution >= 4 is 6.09 Å². The lowest BCUT2D eigenvalue weighted by molar-refractivity contribution is 0.193. The predicted octanol–water partition coefficient (Wildman–Crippen LogP) is 1.72. The summed E-state index contributed by atoms with van der Waals surface area (Å²) < 4.78 is 2.00. The van der Waals surface area contributed by atoms with Crippen LogP contribution >= 0.6 is 0 Å². The average Bonchev–Trinajstić information content (AvgIpc) is 2.87. The molecule has 86 valence electrons. The van der Waals surface area contributed by atoms with Gasteiger partial charge in [0.05, 0.1) is 24.3 Å². The first-order valence-corrected chi connectivity index (χ1v) is 5.35. The van der Waals surface area contributed by atoms with Gasteiger partial charge in [0.1, 0.15) is 0 Å². The van der Waals surface area contributed by atoms with Gasteiger partial charge in [-0.3, -0.25) is 0 Å². The summed E-state index contributed by atoms with van der Waals surface area (Å²) in [4.78, 5) is 14.7. The second kappa shape index (κ2) is 3.62. The van der Waals surface area contributed by atoms with Crippen LogP contribution in [-0.4, -0.2) is 27.3 Å². The van der Waals surface area contributed by atoms with E-state index in [-0.39, 0.29) is 6.04 Å². The molecule has 0 aliphatic carbocycles. The summed E-state index contributed by atoms with van der Waals surface area (Å²) in [6.07, 6.45) is 2.54. The topological polar surface area (TPSA) is 67.2 Å². The Morgan fingerprint density at radius 1 is 1.47 bits per heavy atom. The molecule has 0 spiro atoms. The number of amides is 1. The van der Waals surface area contributed by atoms with Gasteiger partial charge in [0, 0.05) is 12.1 Å². The van der Waals surface area contributed by atoms with E-state index in [0.717, 1.165) is 16.8 Å². The van der Waals surface area contributed by atoms with Crippen molar-refractivity contribution < 1.29 is 9.90 Å². The predicted molar refractivity (Wildman–Crippen MR) is 61.8 cm³/mol. The normalized spacial score (nSPS) is 16.4. The molecule has 1 unspecified atom stereocenters. The van der Waals surface area contributed by atoms with E-state index < -0.39 is 6.09 Å². The molecule has 1 aromatic heterocycles. The number of hydrogen-bond donors (Lipinski definition) is 2. The van der Waals surface area contributed by atoms with Crippen LogP contribution in [-0.2, 0) is 0 Å². The summed E-state index contributed by atoms with van der Waals surface area (Å²) in [6, 6.07) is 8.00. The Bertz CT molecular complexity index is 577. The van der Waals surface area contributed by atoms with Crippen molar-refractivity contribution in [3.8, 4) is 11.3 Å². The van der Waals surface area contributed by atoms with Crippen molar-refractivity contribution in [2.75, 3.05) is 6.54 Å². The molecule has 1 aliphatic heterocycles. The molecule has 5 nitrogen and oxygen atoms in total. The van der Waals surface area contributed by atoms with Gasteiger partial charge in [-0.05, 0) is 5.56 Å². The Balaban J connectivity index is 2.02.